The summed E-state index contributed by atoms with van der Waals surface area (Å²) in [5.41, 5.74) is 2.48. The highest BCUT2D eigenvalue weighted by Crippen LogP contribution is 2.32. The van der Waals surface area contributed by atoms with Gasteiger partial charge in [-0.05, 0) is 29.0 Å². The average molecular weight is 414 g/mol. The van der Waals surface area contributed by atoms with Gasteiger partial charge in [0.05, 0.1) is 4.92 Å². The monoisotopic (exact) mass is 414 g/mol. The Kier molecular flexibility index (Phi) is 7.91. The molecule has 30 heavy (non-hydrogen) atoms. The number of anilines is 1. The van der Waals surface area contributed by atoms with Gasteiger partial charge in [-0.1, -0.05) is 58.0 Å². The van der Waals surface area contributed by atoms with Gasteiger partial charge in [-0.2, -0.15) is 0 Å². The first kappa shape index (κ1) is 22.9. The average Bonchev–Trinajstić information content (AvgIpc) is 2.70. The number of rotatable bonds is 9. The smallest absolute Gasteiger partial charge is 0.344 e. The lowest BCUT2D eigenvalue weighted by Crippen LogP contribution is -2.25. The van der Waals surface area contributed by atoms with Gasteiger partial charge in [-0.15, -0.1) is 0 Å². The van der Waals surface area contributed by atoms with Gasteiger partial charge >= 0.3 is 11.7 Å². The number of carbonyl (C=O) groups is 2. The molecule has 0 aliphatic rings. The number of esters is 1. The minimum absolute atomic E-state index is 0.0451. The Labute approximate surface area is 175 Å². The van der Waals surface area contributed by atoms with Crippen LogP contribution >= 0.6 is 0 Å². The second-order valence-corrected chi connectivity index (χ2v) is 7.34. The van der Waals surface area contributed by atoms with Crippen LogP contribution in [0.5, 0.6) is 5.75 Å². The standard InChI is InChI=1S/C22H26N2O6/c1-14(2)16-8-7-9-17(15(3)4)22(16)23-20(25)12-30-21(26)13-29-19-11-6-5-10-18(19)24(27)28/h5-11,14-15H,12-13H2,1-4H3,(H,23,25). The molecule has 0 atom stereocenters. The van der Waals surface area contributed by atoms with E-state index < -0.39 is 30.0 Å². The minimum atomic E-state index is -0.801. The van der Waals surface area contributed by atoms with E-state index in [4.69, 9.17) is 9.47 Å². The number of benzene rings is 2. The summed E-state index contributed by atoms with van der Waals surface area (Å²) in [5.74, 6) is -0.905. The first-order valence-corrected chi connectivity index (χ1v) is 9.65. The zero-order chi connectivity index (χ0) is 22.3. The lowest BCUT2D eigenvalue weighted by atomic mass is 9.92. The summed E-state index contributed by atoms with van der Waals surface area (Å²) in [5, 5.41) is 13.8. The molecule has 0 saturated heterocycles. The van der Waals surface area contributed by atoms with Crippen LogP contribution in [-0.2, 0) is 14.3 Å². The molecule has 0 saturated carbocycles. The van der Waals surface area contributed by atoms with Crippen molar-refractivity contribution in [1.82, 2.24) is 0 Å². The molecule has 1 N–H and O–H groups in total. The molecule has 8 heteroatoms. The van der Waals surface area contributed by atoms with E-state index in [9.17, 15) is 19.7 Å². The molecule has 8 nitrogen and oxygen atoms in total. The Balaban J connectivity index is 1.96. The molecule has 0 aromatic heterocycles. The number of nitrogens with one attached hydrogen (secondary N) is 1. The molecule has 0 aliphatic heterocycles. The molecule has 2 aromatic rings. The Morgan fingerprint density at radius 3 is 2.13 bits per heavy atom. The van der Waals surface area contributed by atoms with Crippen molar-refractivity contribution in [2.75, 3.05) is 18.5 Å². The van der Waals surface area contributed by atoms with Crippen molar-refractivity contribution in [2.45, 2.75) is 39.5 Å². The Morgan fingerprint density at radius 1 is 0.967 bits per heavy atom. The molecular formula is C22H26N2O6. The summed E-state index contributed by atoms with van der Waals surface area (Å²) in [7, 11) is 0. The van der Waals surface area contributed by atoms with E-state index in [0.717, 1.165) is 16.8 Å². The van der Waals surface area contributed by atoms with Gasteiger partial charge in [-0.3, -0.25) is 14.9 Å². The lowest BCUT2D eigenvalue weighted by Gasteiger charge is -2.20. The fourth-order valence-corrected chi connectivity index (χ4v) is 2.93. The van der Waals surface area contributed by atoms with Gasteiger partial charge in [0.2, 0.25) is 0 Å². The van der Waals surface area contributed by atoms with E-state index >= 15 is 0 Å². The Hall–Kier alpha value is -3.42. The number of amides is 1. The fourth-order valence-electron chi connectivity index (χ4n) is 2.93. The molecule has 0 heterocycles. The van der Waals surface area contributed by atoms with Gasteiger partial charge < -0.3 is 14.8 Å². The molecule has 0 unspecified atom stereocenters. The first-order chi connectivity index (χ1) is 14.2. The second-order valence-electron chi connectivity index (χ2n) is 7.34. The zero-order valence-electron chi connectivity index (χ0n) is 17.5. The van der Waals surface area contributed by atoms with E-state index in [1.54, 1.807) is 6.07 Å². The van der Waals surface area contributed by atoms with E-state index in [-0.39, 0.29) is 23.3 Å². The van der Waals surface area contributed by atoms with Crippen LogP contribution in [0.25, 0.3) is 0 Å². The quantitative estimate of drug-likeness (QED) is 0.370. The summed E-state index contributed by atoms with van der Waals surface area (Å²) in [4.78, 5) is 34.6. The molecule has 160 valence electrons. The van der Waals surface area contributed by atoms with Crippen LogP contribution < -0.4 is 10.1 Å². The van der Waals surface area contributed by atoms with Crippen molar-refractivity contribution in [1.29, 1.82) is 0 Å². The maximum absolute atomic E-state index is 12.4. The van der Waals surface area contributed by atoms with Crippen LogP contribution in [-0.4, -0.2) is 30.0 Å². The summed E-state index contributed by atoms with van der Waals surface area (Å²) in [6, 6.07) is 11.6. The van der Waals surface area contributed by atoms with Gasteiger partial charge in [-0.25, -0.2) is 4.79 Å². The number of para-hydroxylation sites is 3. The molecule has 2 rings (SSSR count). The number of carbonyl (C=O) groups excluding carboxylic acids is 2. The SMILES string of the molecule is CC(C)c1cccc(C(C)C)c1NC(=O)COC(=O)COc1ccccc1[N+](=O)[O-]. The molecule has 2 aromatic carbocycles. The molecule has 0 spiro atoms. The molecule has 0 bridgehead atoms. The topological polar surface area (TPSA) is 108 Å². The Bertz CT molecular complexity index is 897. The first-order valence-electron chi connectivity index (χ1n) is 9.65. The predicted octanol–water partition coefficient (Wildman–Crippen LogP) is 4.40. The molecule has 1 amide bonds. The number of nitro groups is 1. The predicted molar refractivity (Wildman–Crippen MR) is 113 cm³/mol. The van der Waals surface area contributed by atoms with Gasteiger partial charge in [0, 0.05) is 11.8 Å². The third kappa shape index (κ3) is 6.04. The normalized spacial score (nSPS) is 10.7. The van der Waals surface area contributed by atoms with Gasteiger partial charge in [0.1, 0.15) is 0 Å². The number of hydrogen-bond donors (Lipinski definition) is 1. The summed E-state index contributed by atoms with van der Waals surface area (Å²) >= 11 is 0. The molecule has 0 fully saturated rings. The van der Waals surface area contributed by atoms with Crippen LogP contribution in [0.2, 0.25) is 0 Å². The number of hydrogen-bond acceptors (Lipinski definition) is 6. The van der Waals surface area contributed by atoms with E-state index in [2.05, 4.69) is 5.32 Å². The highest BCUT2D eigenvalue weighted by atomic mass is 16.6. The van der Waals surface area contributed by atoms with Crippen molar-refractivity contribution in [3.05, 3.63) is 63.7 Å². The molecule has 0 radical (unpaired) electrons. The maximum atomic E-state index is 12.4. The van der Waals surface area contributed by atoms with Crippen molar-refractivity contribution in [2.24, 2.45) is 0 Å². The molecular weight excluding hydrogens is 388 g/mol. The summed E-state index contributed by atoms with van der Waals surface area (Å²) in [6.45, 7) is 7.12. The largest absolute Gasteiger partial charge is 0.475 e. The second kappa shape index (κ2) is 10.4. The van der Waals surface area contributed by atoms with Crippen LogP contribution in [0.15, 0.2) is 42.5 Å². The third-order valence-electron chi connectivity index (χ3n) is 4.41. The number of ether oxygens (including phenoxy) is 2. The molecule has 0 aliphatic carbocycles. The number of nitrogens with zero attached hydrogens (tertiary/aromatic N) is 1. The highest BCUT2D eigenvalue weighted by molar-refractivity contribution is 5.94. The fraction of sp³-hybridized carbons (Fsp3) is 0.364. The van der Waals surface area contributed by atoms with Gasteiger partial charge in [0.15, 0.2) is 19.0 Å². The van der Waals surface area contributed by atoms with Crippen molar-refractivity contribution in [3.8, 4) is 5.75 Å². The van der Waals surface area contributed by atoms with Gasteiger partial charge in [0.25, 0.3) is 5.91 Å². The van der Waals surface area contributed by atoms with E-state index in [1.165, 1.54) is 18.2 Å². The zero-order valence-corrected chi connectivity index (χ0v) is 17.5. The highest BCUT2D eigenvalue weighted by Gasteiger charge is 2.18. The Morgan fingerprint density at radius 2 is 1.57 bits per heavy atom. The van der Waals surface area contributed by atoms with Crippen LogP contribution in [0.4, 0.5) is 11.4 Å². The third-order valence-corrected chi connectivity index (χ3v) is 4.41. The van der Waals surface area contributed by atoms with E-state index in [0.29, 0.717) is 0 Å². The summed E-state index contributed by atoms with van der Waals surface area (Å²) in [6.07, 6.45) is 0. The van der Waals surface area contributed by atoms with Crippen molar-refractivity contribution < 1.29 is 24.0 Å². The van der Waals surface area contributed by atoms with E-state index in [1.807, 2.05) is 45.9 Å². The summed E-state index contributed by atoms with van der Waals surface area (Å²) < 4.78 is 10.1. The van der Waals surface area contributed by atoms with Crippen molar-refractivity contribution in [3.63, 3.8) is 0 Å². The minimum Gasteiger partial charge on any atom is -0.475 e. The van der Waals surface area contributed by atoms with Crippen LogP contribution in [0.1, 0.15) is 50.7 Å². The van der Waals surface area contributed by atoms with Crippen molar-refractivity contribution >= 4 is 23.3 Å². The maximum Gasteiger partial charge on any atom is 0.344 e. The number of nitro benzene ring substituents is 1. The van der Waals surface area contributed by atoms with Crippen LogP contribution in [0, 0.1) is 10.1 Å². The van der Waals surface area contributed by atoms with Crippen LogP contribution in [0.3, 0.4) is 0 Å². The lowest BCUT2D eigenvalue weighted by molar-refractivity contribution is -0.385.